The third kappa shape index (κ3) is 7.09. The molecule has 0 spiro atoms. The molecule has 4 aromatic heterocycles. The number of aryl methyl sites for hydroxylation is 2. The molecule has 6 rings (SSSR count). The van der Waals surface area contributed by atoms with Crippen LogP contribution in [0, 0.1) is 6.92 Å². The van der Waals surface area contributed by atoms with Gasteiger partial charge < -0.3 is 19.4 Å². The van der Waals surface area contributed by atoms with E-state index < -0.39 is 17.2 Å². The maximum absolute atomic E-state index is 14.2. The number of carbonyl (C=O) groups is 2. The average molecular weight is 655 g/mol. The molecule has 1 unspecified atom stereocenters. The second kappa shape index (κ2) is 12.7. The van der Waals surface area contributed by atoms with Crippen molar-refractivity contribution >= 4 is 23.3 Å². The van der Waals surface area contributed by atoms with Crippen LogP contribution in [0.15, 0.2) is 64.5 Å². The molecule has 5 heterocycles. The first kappa shape index (κ1) is 32.0. The van der Waals surface area contributed by atoms with Crippen LogP contribution in [0.2, 0.25) is 0 Å². The Labute approximate surface area is 277 Å². The highest BCUT2D eigenvalue weighted by atomic mass is 32.1. The maximum atomic E-state index is 14.2. The van der Waals surface area contributed by atoms with Gasteiger partial charge in [0.15, 0.2) is 0 Å². The smallest absolute Gasteiger partial charge is 0.408 e. The zero-order valence-corrected chi connectivity index (χ0v) is 28.2. The topological polar surface area (TPSA) is 141 Å². The molecule has 2 atom stereocenters. The molecular weight excluding hydrogens is 616 g/mol. The molecule has 5 aromatic rings. The Kier molecular flexibility index (Phi) is 8.66. The molecule has 0 saturated carbocycles. The molecule has 13 heteroatoms. The summed E-state index contributed by atoms with van der Waals surface area (Å²) in [5, 5.41) is 18.9. The van der Waals surface area contributed by atoms with Gasteiger partial charge in [-0.05, 0) is 71.2 Å². The van der Waals surface area contributed by atoms with Crippen molar-refractivity contribution in [3.05, 3.63) is 87.8 Å². The molecule has 1 fully saturated rings. The van der Waals surface area contributed by atoms with Gasteiger partial charge in [-0.15, -0.1) is 21.5 Å². The first-order valence-corrected chi connectivity index (χ1v) is 16.4. The zero-order chi connectivity index (χ0) is 33.3. The fourth-order valence-electron chi connectivity index (χ4n) is 5.73. The standard InChI is InChI=1S/C34H38N8O4S/c1-21-20-47-29(36-21)27-13-10-16-42(27)30(43)23-17-24(26-14-15-35-41(26)6)37-25(18-23)28-39-40-31(45-28)34(5,19-22-11-8-7-9-12-22)38-32(44)46-33(2,3)4/h7-9,11-12,14-15,17-18,20,27H,10,13,16,19H2,1-6H3,(H,38,44)/t27-,34?/m1/s1. The van der Waals surface area contributed by atoms with Crippen molar-refractivity contribution in [2.75, 3.05) is 6.54 Å². The molecule has 0 aliphatic carbocycles. The Bertz CT molecular complexity index is 1890. The van der Waals surface area contributed by atoms with Gasteiger partial charge in [0.2, 0.25) is 5.89 Å². The third-order valence-electron chi connectivity index (χ3n) is 7.88. The van der Waals surface area contributed by atoms with Gasteiger partial charge in [0.1, 0.15) is 21.8 Å². The third-order valence-corrected chi connectivity index (χ3v) is 8.95. The number of rotatable bonds is 8. The summed E-state index contributed by atoms with van der Waals surface area (Å²) >= 11 is 1.58. The summed E-state index contributed by atoms with van der Waals surface area (Å²) < 4.78 is 13.6. The molecule has 12 nitrogen and oxygen atoms in total. The first-order chi connectivity index (χ1) is 22.4. The van der Waals surface area contributed by atoms with Crippen LogP contribution in [-0.4, -0.2) is 59.0 Å². The van der Waals surface area contributed by atoms with Gasteiger partial charge >= 0.3 is 6.09 Å². The molecule has 1 aromatic carbocycles. The van der Waals surface area contributed by atoms with E-state index >= 15 is 0 Å². The van der Waals surface area contributed by atoms with Crippen molar-refractivity contribution < 1.29 is 18.7 Å². The summed E-state index contributed by atoms with van der Waals surface area (Å²) in [5.74, 6) is 0.145. The molecule has 2 amide bonds. The fourth-order valence-corrected chi connectivity index (χ4v) is 6.68. The molecule has 47 heavy (non-hydrogen) atoms. The largest absolute Gasteiger partial charge is 0.444 e. The number of hydrogen-bond donors (Lipinski definition) is 1. The molecule has 244 valence electrons. The van der Waals surface area contributed by atoms with Crippen LogP contribution in [0.3, 0.4) is 0 Å². The van der Waals surface area contributed by atoms with Crippen LogP contribution in [0.1, 0.15) is 79.1 Å². The van der Waals surface area contributed by atoms with Crippen LogP contribution in [0.5, 0.6) is 0 Å². The lowest BCUT2D eigenvalue weighted by Crippen LogP contribution is -2.47. The van der Waals surface area contributed by atoms with Gasteiger partial charge in [-0.25, -0.2) is 14.8 Å². The van der Waals surface area contributed by atoms with Crippen LogP contribution >= 0.6 is 11.3 Å². The van der Waals surface area contributed by atoms with Crippen LogP contribution in [0.4, 0.5) is 4.79 Å². The number of nitrogens with one attached hydrogen (secondary N) is 1. The summed E-state index contributed by atoms with van der Waals surface area (Å²) in [4.78, 5) is 38.6. The number of aromatic nitrogens is 6. The van der Waals surface area contributed by atoms with E-state index in [-0.39, 0.29) is 23.7 Å². The zero-order valence-electron chi connectivity index (χ0n) is 27.4. The second-order valence-electron chi connectivity index (χ2n) is 13.0. The van der Waals surface area contributed by atoms with Gasteiger partial charge in [0, 0.05) is 42.8 Å². The number of alkyl carbamates (subject to hydrolysis) is 1. The molecule has 1 aliphatic heterocycles. The lowest BCUT2D eigenvalue weighted by atomic mass is 9.92. The summed E-state index contributed by atoms with van der Waals surface area (Å²) in [6.07, 6.45) is 3.15. The van der Waals surface area contributed by atoms with Gasteiger partial charge in [-0.1, -0.05) is 30.3 Å². The minimum absolute atomic E-state index is 0.0920. The van der Waals surface area contributed by atoms with Crippen molar-refractivity contribution in [1.82, 2.24) is 40.2 Å². The van der Waals surface area contributed by atoms with E-state index in [4.69, 9.17) is 14.1 Å². The summed E-state index contributed by atoms with van der Waals surface area (Å²) in [6.45, 7) is 9.79. The Hall–Kier alpha value is -4.91. The van der Waals surface area contributed by atoms with Gasteiger partial charge in [0.25, 0.3) is 11.8 Å². The quantitative estimate of drug-likeness (QED) is 0.205. The summed E-state index contributed by atoms with van der Waals surface area (Å²) in [7, 11) is 1.81. The number of hydrogen-bond acceptors (Lipinski definition) is 10. The van der Waals surface area contributed by atoms with E-state index in [1.165, 1.54) is 0 Å². The highest BCUT2D eigenvalue weighted by molar-refractivity contribution is 7.09. The molecular formula is C34H38N8O4S. The fraction of sp³-hybridized carbons (Fsp3) is 0.382. The minimum Gasteiger partial charge on any atom is -0.444 e. The van der Waals surface area contributed by atoms with Crippen molar-refractivity contribution in [3.8, 4) is 23.0 Å². The first-order valence-electron chi connectivity index (χ1n) is 15.5. The number of nitrogens with zero attached hydrogens (tertiary/aromatic N) is 7. The second-order valence-corrected chi connectivity index (χ2v) is 13.9. The predicted octanol–water partition coefficient (Wildman–Crippen LogP) is 6.26. The number of pyridine rings is 1. The number of thiazole rings is 1. The lowest BCUT2D eigenvalue weighted by molar-refractivity contribution is 0.0443. The van der Waals surface area contributed by atoms with E-state index in [0.717, 1.165) is 34.8 Å². The molecule has 1 saturated heterocycles. The number of carbonyl (C=O) groups excluding carboxylic acids is 2. The highest BCUT2D eigenvalue weighted by Crippen LogP contribution is 2.36. The van der Waals surface area contributed by atoms with Crippen molar-refractivity contribution in [1.29, 1.82) is 0 Å². The molecule has 1 aliphatic rings. The van der Waals surface area contributed by atoms with E-state index in [9.17, 15) is 9.59 Å². The van der Waals surface area contributed by atoms with E-state index in [2.05, 4.69) is 25.6 Å². The lowest BCUT2D eigenvalue weighted by Gasteiger charge is -2.29. The van der Waals surface area contributed by atoms with Gasteiger partial charge in [0.05, 0.1) is 17.4 Å². The average Bonchev–Trinajstić information content (AvgIpc) is 3.83. The van der Waals surface area contributed by atoms with Gasteiger partial charge in [-0.3, -0.25) is 9.48 Å². The monoisotopic (exact) mass is 654 g/mol. The Balaban J connectivity index is 1.38. The van der Waals surface area contributed by atoms with Gasteiger partial charge in [-0.2, -0.15) is 5.10 Å². The minimum atomic E-state index is -1.12. The van der Waals surface area contributed by atoms with Crippen molar-refractivity contribution in [3.63, 3.8) is 0 Å². The Morgan fingerprint density at radius 1 is 1.06 bits per heavy atom. The number of benzene rings is 1. The molecule has 0 radical (unpaired) electrons. The van der Waals surface area contributed by atoms with E-state index in [1.807, 2.05) is 67.6 Å². The predicted molar refractivity (Wildman–Crippen MR) is 176 cm³/mol. The van der Waals surface area contributed by atoms with Crippen LogP contribution in [0.25, 0.3) is 23.0 Å². The normalized spacial score (nSPS) is 16.2. The number of amides is 2. The van der Waals surface area contributed by atoms with Crippen molar-refractivity contribution in [2.24, 2.45) is 7.05 Å². The molecule has 0 bridgehead atoms. The summed E-state index contributed by atoms with van der Waals surface area (Å²) in [6, 6.07) is 14.9. The van der Waals surface area contributed by atoms with Crippen molar-refractivity contribution in [2.45, 2.75) is 71.1 Å². The number of ether oxygens (including phenoxy) is 1. The van der Waals surface area contributed by atoms with Crippen LogP contribution in [-0.2, 0) is 23.7 Å². The van der Waals surface area contributed by atoms with E-state index in [0.29, 0.717) is 29.9 Å². The Morgan fingerprint density at radius 2 is 1.83 bits per heavy atom. The van der Waals surface area contributed by atoms with E-state index in [1.54, 1.807) is 55.1 Å². The highest BCUT2D eigenvalue weighted by Gasteiger charge is 2.37. The summed E-state index contributed by atoms with van der Waals surface area (Å²) in [5.41, 5.74) is 2.08. The maximum Gasteiger partial charge on any atom is 0.408 e. The van der Waals surface area contributed by atoms with Crippen LogP contribution < -0.4 is 5.32 Å². The Morgan fingerprint density at radius 3 is 2.51 bits per heavy atom. The number of likely N-dealkylation sites (tertiary alicyclic amines) is 1. The molecule has 1 N–H and O–H groups in total. The SMILES string of the molecule is Cc1csc([C@H]2CCCN2C(=O)c2cc(-c3nnc(C(C)(Cc4ccccc4)NC(=O)OC(C)(C)C)o3)nc(-c3ccnn3C)c2)n1.